The van der Waals surface area contributed by atoms with Crippen molar-refractivity contribution < 1.29 is 33.3 Å². The Morgan fingerprint density at radius 2 is 1.73 bits per heavy atom. The molecular weight excluding hydrogens is 586 g/mol. The standard InChI is InChI=1S/C33H50ClN3O7/c1-10-16-36(30(39)43-32(3,4)5)21-28(42-31(40)44-33(6,7)8)29(38)37(24-13-14-24)22(2)23-12-15-25-26(34)20-35(27(25)19-23)17-11-18-41-9/h12,15,19-20,22,24,28H,10-11,13-14,16-18,21H2,1-9H3/t22-,28-/m1/s1. The van der Waals surface area contributed by atoms with E-state index in [1.165, 1.54) is 4.90 Å². The number of carbonyl (C=O) groups excluding carboxylic acids is 3. The second-order valence-electron chi connectivity index (χ2n) is 13.4. The number of amides is 2. The Kier molecular flexibility index (Phi) is 12.0. The Balaban J connectivity index is 1.95. The molecular formula is C33H50ClN3O7. The molecule has 2 atom stereocenters. The van der Waals surface area contributed by atoms with Crippen LogP contribution in [-0.4, -0.2) is 82.7 Å². The SMILES string of the molecule is CCCN(C[C@@H](OC(=O)OC(C)(C)C)C(=O)N(C1CC1)[C@H](C)c1ccc2c(Cl)cn(CCCOC)c2c1)C(=O)OC(C)(C)C. The highest BCUT2D eigenvalue weighted by molar-refractivity contribution is 6.35. The summed E-state index contributed by atoms with van der Waals surface area (Å²) in [4.78, 5) is 43.6. The highest BCUT2D eigenvalue weighted by atomic mass is 35.5. The number of hydrogen-bond donors (Lipinski definition) is 0. The number of carbonyl (C=O) groups is 3. The number of aryl methyl sites for hydroxylation is 1. The van der Waals surface area contributed by atoms with E-state index in [-0.39, 0.29) is 24.5 Å². The zero-order valence-electron chi connectivity index (χ0n) is 27.8. The summed E-state index contributed by atoms with van der Waals surface area (Å²) in [6.07, 6.45) is 2.22. The number of methoxy groups -OCH3 is 1. The molecule has 0 aliphatic heterocycles. The largest absolute Gasteiger partial charge is 0.509 e. The van der Waals surface area contributed by atoms with E-state index in [1.807, 2.05) is 32.2 Å². The molecule has 3 rings (SSSR count). The van der Waals surface area contributed by atoms with Gasteiger partial charge in [0, 0.05) is 49.9 Å². The number of benzene rings is 1. The average Bonchev–Trinajstić information content (AvgIpc) is 3.69. The molecule has 0 bridgehead atoms. The van der Waals surface area contributed by atoms with Gasteiger partial charge in [0.1, 0.15) is 11.2 Å². The Bertz CT molecular complexity index is 1290. The molecule has 10 nitrogen and oxygen atoms in total. The van der Waals surface area contributed by atoms with Crippen LogP contribution in [0.3, 0.4) is 0 Å². The molecule has 1 aromatic carbocycles. The first-order chi connectivity index (χ1) is 20.5. The molecule has 11 heteroatoms. The molecule has 1 saturated carbocycles. The summed E-state index contributed by atoms with van der Waals surface area (Å²) < 4.78 is 24.1. The molecule has 1 fully saturated rings. The maximum absolute atomic E-state index is 14.4. The van der Waals surface area contributed by atoms with Crippen molar-refractivity contribution >= 4 is 40.7 Å². The van der Waals surface area contributed by atoms with Crippen LogP contribution in [0.25, 0.3) is 10.9 Å². The van der Waals surface area contributed by atoms with Crippen molar-refractivity contribution in [3.05, 3.63) is 35.0 Å². The van der Waals surface area contributed by atoms with E-state index in [0.717, 1.165) is 42.3 Å². The number of nitrogens with zero attached hydrogens (tertiary/aromatic N) is 3. The predicted molar refractivity (Wildman–Crippen MR) is 171 cm³/mol. The van der Waals surface area contributed by atoms with Gasteiger partial charge in [0.05, 0.1) is 17.6 Å². The van der Waals surface area contributed by atoms with E-state index in [1.54, 1.807) is 53.6 Å². The molecule has 1 heterocycles. The average molecular weight is 636 g/mol. The smallest absolute Gasteiger partial charge is 0.444 e. The second-order valence-corrected chi connectivity index (χ2v) is 13.9. The lowest BCUT2D eigenvalue weighted by Gasteiger charge is -2.35. The van der Waals surface area contributed by atoms with Gasteiger partial charge in [-0.3, -0.25) is 4.79 Å². The zero-order valence-corrected chi connectivity index (χ0v) is 28.5. The van der Waals surface area contributed by atoms with Crippen LogP contribution in [0, 0.1) is 0 Å². The van der Waals surface area contributed by atoms with Crippen LogP contribution in [-0.2, 0) is 30.3 Å². The van der Waals surface area contributed by atoms with Crippen molar-refractivity contribution in [2.45, 2.75) is 117 Å². The van der Waals surface area contributed by atoms with E-state index >= 15 is 0 Å². The lowest BCUT2D eigenvalue weighted by atomic mass is 10.0. The molecule has 0 unspecified atom stereocenters. The summed E-state index contributed by atoms with van der Waals surface area (Å²) in [5, 5.41) is 1.60. The molecule has 0 saturated heterocycles. The Morgan fingerprint density at radius 3 is 2.30 bits per heavy atom. The first-order valence-corrected chi connectivity index (χ1v) is 15.9. The van der Waals surface area contributed by atoms with Gasteiger partial charge >= 0.3 is 12.2 Å². The number of aromatic nitrogens is 1. The minimum absolute atomic E-state index is 0.0174. The lowest BCUT2D eigenvalue weighted by molar-refractivity contribution is -0.147. The van der Waals surface area contributed by atoms with Crippen LogP contribution in [0.15, 0.2) is 24.4 Å². The molecule has 0 spiro atoms. The number of halogens is 1. The van der Waals surface area contributed by atoms with E-state index in [4.69, 9.17) is 30.5 Å². The molecule has 2 amide bonds. The van der Waals surface area contributed by atoms with E-state index in [2.05, 4.69) is 10.6 Å². The van der Waals surface area contributed by atoms with Gasteiger partial charge in [-0.05, 0) is 85.8 Å². The van der Waals surface area contributed by atoms with Gasteiger partial charge in [0.2, 0.25) is 6.10 Å². The van der Waals surface area contributed by atoms with Crippen molar-refractivity contribution in [1.82, 2.24) is 14.4 Å². The minimum Gasteiger partial charge on any atom is -0.444 e. The second kappa shape index (κ2) is 14.9. The zero-order chi connectivity index (χ0) is 32.8. The van der Waals surface area contributed by atoms with Crippen LogP contribution in [0.1, 0.15) is 92.7 Å². The van der Waals surface area contributed by atoms with Gasteiger partial charge in [0.15, 0.2) is 0 Å². The van der Waals surface area contributed by atoms with E-state index < -0.39 is 29.6 Å². The number of fused-ring (bicyclic) bond motifs is 1. The lowest BCUT2D eigenvalue weighted by Crippen LogP contribution is -2.51. The van der Waals surface area contributed by atoms with Crippen molar-refractivity contribution in [2.24, 2.45) is 0 Å². The van der Waals surface area contributed by atoms with Gasteiger partial charge in [-0.15, -0.1) is 0 Å². The first-order valence-electron chi connectivity index (χ1n) is 15.5. The third-order valence-corrected chi connectivity index (χ3v) is 7.44. The normalized spacial score (nSPS) is 15.0. The fourth-order valence-corrected chi connectivity index (χ4v) is 5.34. The maximum Gasteiger partial charge on any atom is 0.509 e. The summed E-state index contributed by atoms with van der Waals surface area (Å²) in [6, 6.07) is 5.67. The Labute approximate surface area is 266 Å². The topological polar surface area (TPSA) is 99.5 Å². The Hall–Kier alpha value is -2.98. The summed E-state index contributed by atoms with van der Waals surface area (Å²) in [5.41, 5.74) is 0.344. The monoisotopic (exact) mass is 635 g/mol. The minimum atomic E-state index is -1.29. The Morgan fingerprint density at radius 1 is 1.07 bits per heavy atom. The van der Waals surface area contributed by atoms with Gasteiger partial charge in [-0.2, -0.15) is 0 Å². The van der Waals surface area contributed by atoms with Gasteiger partial charge in [0.25, 0.3) is 5.91 Å². The van der Waals surface area contributed by atoms with E-state index in [9.17, 15) is 14.4 Å². The maximum atomic E-state index is 14.4. The number of hydrogen-bond acceptors (Lipinski definition) is 7. The van der Waals surface area contributed by atoms with Crippen molar-refractivity contribution in [1.29, 1.82) is 0 Å². The number of rotatable bonds is 13. The molecule has 2 aromatic rings. The van der Waals surface area contributed by atoms with Gasteiger partial charge in [-0.25, -0.2) is 9.59 Å². The summed E-state index contributed by atoms with van der Waals surface area (Å²) in [7, 11) is 1.68. The quantitative estimate of drug-likeness (QED) is 0.168. The van der Waals surface area contributed by atoms with Crippen LogP contribution >= 0.6 is 11.6 Å². The van der Waals surface area contributed by atoms with E-state index in [0.29, 0.717) is 24.6 Å². The molecule has 1 aliphatic carbocycles. The third-order valence-electron chi connectivity index (χ3n) is 7.13. The molecule has 1 aromatic heterocycles. The van der Waals surface area contributed by atoms with Gasteiger partial charge < -0.3 is 33.3 Å². The molecule has 246 valence electrons. The van der Waals surface area contributed by atoms with Crippen LogP contribution < -0.4 is 0 Å². The first kappa shape index (κ1) is 35.5. The fourth-order valence-electron chi connectivity index (χ4n) is 5.06. The molecule has 0 radical (unpaired) electrons. The van der Waals surface area contributed by atoms with Crippen molar-refractivity contribution in [3.63, 3.8) is 0 Å². The van der Waals surface area contributed by atoms with Crippen molar-refractivity contribution in [3.8, 4) is 0 Å². The molecule has 0 N–H and O–H groups in total. The summed E-state index contributed by atoms with van der Waals surface area (Å²) in [6.45, 7) is 16.0. The molecule has 44 heavy (non-hydrogen) atoms. The highest BCUT2D eigenvalue weighted by Gasteiger charge is 2.42. The summed E-state index contributed by atoms with van der Waals surface area (Å²) >= 11 is 6.55. The van der Waals surface area contributed by atoms with Crippen LogP contribution in [0.5, 0.6) is 0 Å². The fraction of sp³-hybridized carbons (Fsp3) is 0.667. The van der Waals surface area contributed by atoms with Gasteiger partial charge in [-0.1, -0.05) is 30.7 Å². The van der Waals surface area contributed by atoms with Crippen LogP contribution in [0.2, 0.25) is 5.02 Å². The number of ether oxygens (including phenoxy) is 4. The molecule has 1 aliphatic rings. The highest BCUT2D eigenvalue weighted by Crippen LogP contribution is 2.37. The summed E-state index contributed by atoms with van der Waals surface area (Å²) in [5.74, 6) is -0.385. The third kappa shape index (κ3) is 10.0. The predicted octanol–water partition coefficient (Wildman–Crippen LogP) is 7.35. The van der Waals surface area contributed by atoms with Crippen molar-refractivity contribution in [2.75, 3.05) is 26.8 Å². The van der Waals surface area contributed by atoms with Crippen LogP contribution in [0.4, 0.5) is 9.59 Å².